The average Bonchev–Trinajstić information content (AvgIpc) is 2.31. The van der Waals surface area contributed by atoms with Crippen molar-refractivity contribution in [3.05, 3.63) is 11.2 Å². The highest BCUT2D eigenvalue weighted by molar-refractivity contribution is 6.29. The van der Waals surface area contributed by atoms with Crippen LogP contribution in [0.15, 0.2) is 6.07 Å². The molecule has 1 unspecified atom stereocenters. The summed E-state index contributed by atoms with van der Waals surface area (Å²) in [7, 11) is 0. The van der Waals surface area contributed by atoms with Gasteiger partial charge in [0.15, 0.2) is 0 Å². The monoisotopic (exact) mass is 270 g/mol. The van der Waals surface area contributed by atoms with Gasteiger partial charge in [-0.25, -0.2) is 4.98 Å². The van der Waals surface area contributed by atoms with Crippen LogP contribution in [0.1, 0.15) is 34.1 Å². The highest BCUT2D eigenvalue weighted by atomic mass is 35.5. The molecule has 0 aromatic carbocycles. The van der Waals surface area contributed by atoms with Crippen molar-refractivity contribution in [1.29, 1.82) is 0 Å². The van der Waals surface area contributed by atoms with Crippen LogP contribution in [0, 0.1) is 0 Å². The fraction of sp³-hybridized carbons (Fsp3) is 0.667. The minimum atomic E-state index is -0.268. The Morgan fingerprint density at radius 2 is 2.06 bits per heavy atom. The number of hydrogen-bond donors (Lipinski definition) is 2. The first-order chi connectivity index (χ1) is 8.18. The smallest absolute Gasteiger partial charge is 0.223 e. The summed E-state index contributed by atoms with van der Waals surface area (Å²) in [5, 5.41) is 3.66. The maximum atomic E-state index is 6.01. The van der Waals surface area contributed by atoms with Gasteiger partial charge in [-0.05, 0) is 34.1 Å². The van der Waals surface area contributed by atoms with Crippen LogP contribution in [0.4, 0.5) is 11.8 Å². The molecule has 0 spiro atoms. The second kappa shape index (κ2) is 4.24. The summed E-state index contributed by atoms with van der Waals surface area (Å²) < 4.78 is 6.01. The number of anilines is 2. The summed E-state index contributed by atoms with van der Waals surface area (Å²) in [6.45, 7) is 8.28. The van der Waals surface area contributed by atoms with Gasteiger partial charge in [-0.1, -0.05) is 11.6 Å². The highest BCUT2D eigenvalue weighted by Gasteiger charge is 2.45. The minimum Gasteiger partial charge on any atom is -0.368 e. The SMILES string of the molecule is CC1(C)CC(Nc2cc(Cl)nc(N)n2)C(C)(C)O1. The van der Waals surface area contributed by atoms with Crippen LogP contribution in [0.5, 0.6) is 0 Å². The van der Waals surface area contributed by atoms with E-state index < -0.39 is 0 Å². The first-order valence-corrected chi connectivity index (χ1v) is 6.32. The van der Waals surface area contributed by atoms with Crippen LogP contribution in [-0.4, -0.2) is 27.2 Å². The van der Waals surface area contributed by atoms with Crippen LogP contribution in [0.2, 0.25) is 5.15 Å². The molecule has 1 aliphatic heterocycles. The van der Waals surface area contributed by atoms with Crippen molar-refractivity contribution in [3.63, 3.8) is 0 Å². The zero-order chi connectivity index (χ0) is 13.6. The lowest BCUT2D eigenvalue weighted by Crippen LogP contribution is -2.38. The quantitative estimate of drug-likeness (QED) is 0.808. The normalized spacial score (nSPS) is 25.1. The molecule has 5 nitrogen and oxygen atoms in total. The van der Waals surface area contributed by atoms with E-state index in [1.807, 2.05) is 0 Å². The lowest BCUT2D eigenvalue weighted by atomic mass is 9.94. The number of nitrogens with zero attached hydrogens (tertiary/aromatic N) is 2. The number of nitrogens with one attached hydrogen (secondary N) is 1. The van der Waals surface area contributed by atoms with Gasteiger partial charge in [0.05, 0.1) is 17.2 Å². The van der Waals surface area contributed by atoms with Crippen molar-refractivity contribution in [2.75, 3.05) is 11.1 Å². The van der Waals surface area contributed by atoms with Crippen molar-refractivity contribution in [2.45, 2.75) is 51.4 Å². The fourth-order valence-corrected chi connectivity index (χ4v) is 2.66. The van der Waals surface area contributed by atoms with Gasteiger partial charge in [0.25, 0.3) is 0 Å². The lowest BCUT2D eigenvalue weighted by molar-refractivity contribution is -0.0662. The predicted molar refractivity (Wildman–Crippen MR) is 72.7 cm³/mol. The van der Waals surface area contributed by atoms with Crippen molar-refractivity contribution in [3.8, 4) is 0 Å². The molecule has 18 heavy (non-hydrogen) atoms. The topological polar surface area (TPSA) is 73.1 Å². The van der Waals surface area contributed by atoms with Crippen LogP contribution in [0.3, 0.4) is 0 Å². The fourth-order valence-electron chi connectivity index (χ4n) is 2.47. The first kappa shape index (κ1) is 13.4. The van der Waals surface area contributed by atoms with Gasteiger partial charge in [0, 0.05) is 6.07 Å². The van der Waals surface area contributed by atoms with Gasteiger partial charge in [0.1, 0.15) is 11.0 Å². The van der Waals surface area contributed by atoms with Gasteiger partial charge in [-0.2, -0.15) is 4.98 Å². The van der Waals surface area contributed by atoms with Gasteiger partial charge >= 0.3 is 0 Å². The molecular weight excluding hydrogens is 252 g/mol. The third kappa shape index (κ3) is 2.84. The van der Waals surface area contributed by atoms with Crippen molar-refractivity contribution < 1.29 is 4.74 Å². The van der Waals surface area contributed by atoms with E-state index >= 15 is 0 Å². The molecule has 1 fully saturated rings. The molecule has 0 bridgehead atoms. The molecule has 2 heterocycles. The Hall–Kier alpha value is -1.07. The van der Waals surface area contributed by atoms with Gasteiger partial charge in [-0.3, -0.25) is 0 Å². The lowest BCUT2D eigenvalue weighted by Gasteiger charge is -2.28. The van der Waals surface area contributed by atoms with E-state index in [4.69, 9.17) is 22.1 Å². The average molecular weight is 271 g/mol. The summed E-state index contributed by atoms with van der Waals surface area (Å²) in [6.07, 6.45) is 0.890. The minimum absolute atomic E-state index is 0.149. The Kier molecular flexibility index (Phi) is 3.15. The van der Waals surface area contributed by atoms with E-state index in [9.17, 15) is 0 Å². The molecule has 6 heteroatoms. The standard InChI is InChI=1S/C12H19ClN4O/c1-11(2)6-7(12(3,4)18-11)15-9-5-8(13)16-10(14)17-9/h5,7H,6H2,1-4H3,(H3,14,15,16,17). The van der Waals surface area contributed by atoms with Crippen LogP contribution in [0.25, 0.3) is 0 Å². The van der Waals surface area contributed by atoms with Gasteiger partial charge < -0.3 is 15.8 Å². The Morgan fingerprint density at radius 3 is 2.56 bits per heavy atom. The van der Waals surface area contributed by atoms with E-state index in [1.54, 1.807) is 6.07 Å². The largest absolute Gasteiger partial charge is 0.368 e. The number of rotatable bonds is 2. The van der Waals surface area contributed by atoms with Crippen LogP contribution >= 0.6 is 11.6 Å². The number of aromatic nitrogens is 2. The zero-order valence-corrected chi connectivity index (χ0v) is 11.9. The molecule has 1 aromatic rings. The Labute approximate surface area is 112 Å². The number of nitrogen functional groups attached to an aromatic ring is 1. The molecule has 1 aromatic heterocycles. The molecule has 0 radical (unpaired) electrons. The summed E-state index contributed by atoms with van der Waals surface area (Å²) in [5.41, 5.74) is 5.16. The predicted octanol–water partition coefficient (Wildman–Crippen LogP) is 2.47. The van der Waals surface area contributed by atoms with E-state index in [0.717, 1.165) is 6.42 Å². The number of nitrogens with two attached hydrogens (primary N) is 1. The molecule has 1 aliphatic rings. The van der Waals surface area contributed by atoms with Crippen molar-refractivity contribution >= 4 is 23.4 Å². The Morgan fingerprint density at radius 1 is 1.39 bits per heavy atom. The molecule has 2 rings (SSSR count). The van der Waals surface area contributed by atoms with Crippen molar-refractivity contribution in [2.24, 2.45) is 0 Å². The highest BCUT2D eigenvalue weighted by Crippen LogP contribution is 2.38. The maximum absolute atomic E-state index is 6.01. The summed E-state index contributed by atoms with van der Waals surface area (Å²) in [6, 6.07) is 1.82. The Balaban J connectivity index is 2.19. The molecular formula is C12H19ClN4O. The maximum Gasteiger partial charge on any atom is 0.223 e. The summed E-state index contributed by atoms with van der Waals surface area (Å²) in [4.78, 5) is 7.96. The molecule has 0 saturated carbocycles. The molecule has 0 aliphatic carbocycles. The molecule has 3 N–H and O–H groups in total. The van der Waals surface area contributed by atoms with Crippen LogP contribution < -0.4 is 11.1 Å². The number of halogens is 1. The first-order valence-electron chi connectivity index (χ1n) is 5.95. The molecule has 1 saturated heterocycles. The third-order valence-electron chi connectivity index (χ3n) is 3.11. The summed E-state index contributed by atoms with van der Waals surface area (Å²) in [5.74, 6) is 0.799. The van der Waals surface area contributed by atoms with Crippen molar-refractivity contribution in [1.82, 2.24) is 9.97 Å². The van der Waals surface area contributed by atoms with Gasteiger partial charge in [-0.15, -0.1) is 0 Å². The number of hydrogen-bond acceptors (Lipinski definition) is 5. The molecule has 1 atom stereocenters. The molecule has 100 valence electrons. The second-order valence-corrected chi connectivity index (χ2v) is 6.19. The van der Waals surface area contributed by atoms with Gasteiger partial charge in [0.2, 0.25) is 5.95 Å². The van der Waals surface area contributed by atoms with Crippen LogP contribution in [-0.2, 0) is 4.74 Å². The van der Waals surface area contributed by atoms with E-state index in [-0.39, 0.29) is 23.2 Å². The van der Waals surface area contributed by atoms with E-state index in [2.05, 4.69) is 43.0 Å². The van der Waals surface area contributed by atoms with E-state index in [0.29, 0.717) is 11.0 Å². The molecule has 0 amide bonds. The third-order valence-corrected chi connectivity index (χ3v) is 3.30. The zero-order valence-electron chi connectivity index (χ0n) is 11.1. The summed E-state index contributed by atoms with van der Waals surface area (Å²) >= 11 is 5.86. The second-order valence-electron chi connectivity index (χ2n) is 5.80. The van der Waals surface area contributed by atoms with E-state index in [1.165, 1.54) is 0 Å². The Bertz CT molecular complexity index is 441. The number of ether oxygens (including phenoxy) is 1.